The zero-order valence-corrected chi connectivity index (χ0v) is 11.1. The molecule has 0 saturated heterocycles. The lowest BCUT2D eigenvalue weighted by molar-refractivity contribution is -0.137. The maximum absolute atomic E-state index is 12.5. The van der Waals surface area contributed by atoms with E-state index in [9.17, 15) is 21.6 Å². The van der Waals surface area contributed by atoms with E-state index in [1.165, 1.54) is 6.20 Å². The van der Waals surface area contributed by atoms with Gasteiger partial charge in [0, 0.05) is 18.3 Å². The largest absolute Gasteiger partial charge is 0.402 e. The molecular formula is C10H13F3N4O2S. The van der Waals surface area contributed by atoms with Crippen molar-refractivity contribution in [1.82, 2.24) is 9.29 Å². The number of aromatic nitrogens is 1. The van der Waals surface area contributed by atoms with Crippen molar-refractivity contribution < 1.29 is 21.6 Å². The molecule has 2 rings (SSSR count). The summed E-state index contributed by atoms with van der Waals surface area (Å²) in [5.41, 5.74) is 2.16. The van der Waals surface area contributed by atoms with Gasteiger partial charge in [0.15, 0.2) is 0 Å². The summed E-state index contributed by atoms with van der Waals surface area (Å²) >= 11 is 0. The summed E-state index contributed by atoms with van der Waals surface area (Å²) in [5.74, 6) is 5.17. The Balaban J connectivity index is 2.35. The van der Waals surface area contributed by atoms with E-state index < -0.39 is 28.8 Å². The second-order valence-corrected chi connectivity index (χ2v) is 6.31. The van der Waals surface area contributed by atoms with E-state index in [4.69, 9.17) is 5.84 Å². The summed E-state index contributed by atoms with van der Waals surface area (Å²) in [5, 5.41) is 0. The van der Waals surface area contributed by atoms with Gasteiger partial charge in [0.25, 0.3) is 0 Å². The summed E-state index contributed by atoms with van der Waals surface area (Å²) in [6, 6.07) is 1.65. The molecule has 0 amide bonds. The minimum atomic E-state index is -4.59. The molecule has 0 radical (unpaired) electrons. The molecule has 0 aromatic carbocycles. The number of hydrogen-bond acceptors (Lipinski definition) is 5. The van der Waals surface area contributed by atoms with Gasteiger partial charge in [0.2, 0.25) is 10.0 Å². The number of rotatable bonds is 5. The maximum Gasteiger partial charge on any atom is 0.402 e. The first-order valence-electron chi connectivity index (χ1n) is 5.75. The number of hydrogen-bond donors (Lipinski definition) is 2. The topological polar surface area (TPSA) is 88.3 Å². The number of nitrogen functional groups attached to an aromatic ring is 1. The van der Waals surface area contributed by atoms with E-state index in [1.54, 1.807) is 0 Å². The first kappa shape index (κ1) is 15.0. The van der Waals surface area contributed by atoms with Crippen LogP contribution in [0.1, 0.15) is 12.8 Å². The van der Waals surface area contributed by atoms with Crippen molar-refractivity contribution in [2.45, 2.75) is 30.0 Å². The third kappa shape index (κ3) is 3.38. The molecule has 6 nitrogen and oxygen atoms in total. The van der Waals surface area contributed by atoms with Crippen molar-refractivity contribution in [3.05, 3.63) is 18.3 Å². The summed E-state index contributed by atoms with van der Waals surface area (Å²) in [6.07, 6.45) is -2.55. The molecule has 1 aliphatic rings. The molecule has 0 unspecified atom stereocenters. The second-order valence-electron chi connectivity index (χ2n) is 4.42. The van der Waals surface area contributed by atoms with Crippen molar-refractivity contribution in [3.63, 3.8) is 0 Å². The monoisotopic (exact) mass is 310 g/mol. The highest BCUT2D eigenvalue weighted by Crippen LogP contribution is 2.34. The van der Waals surface area contributed by atoms with Gasteiger partial charge in [-0.05, 0) is 18.9 Å². The van der Waals surface area contributed by atoms with E-state index in [-0.39, 0.29) is 10.7 Å². The minimum Gasteiger partial charge on any atom is -0.308 e. The predicted octanol–water partition coefficient (Wildman–Crippen LogP) is 1.08. The number of halogens is 3. The van der Waals surface area contributed by atoms with E-state index in [2.05, 4.69) is 10.4 Å². The Bertz CT molecular complexity index is 586. The molecule has 1 saturated carbocycles. The van der Waals surface area contributed by atoms with E-state index in [1.807, 2.05) is 0 Å². The average Bonchev–Trinajstić information content (AvgIpc) is 3.19. The predicted molar refractivity (Wildman–Crippen MR) is 65.0 cm³/mol. The fraction of sp³-hybridized carbons (Fsp3) is 0.500. The Morgan fingerprint density at radius 3 is 2.60 bits per heavy atom. The summed E-state index contributed by atoms with van der Waals surface area (Å²) in [6.45, 7) is -1.49. The first-order valence-corrected chi connectivity index (χ1v) is 7.19. The molecule has 0 aliphatic heterocycles. The number of nitrogens with zero attached hydrogens (tertiary/aromatic N) is 2. The van der Waals surface area contributed by atoms with Crippen molar-refractivity contribution in [3.8, 4) is 0 Å². The molecule has 1 aromatic rings. The standard InChI is InChI=1S/C10H13F3N4O2S/c11-10(12,13)6-17(7-1-2-7)20(18,19)8-3-4-15-9(5-8)16-14/h3-5,7H,1-2,6,14H2,(H,15,16). The van der Waals surface area contributed by atoms with Gasteiger partial charge in [-0.2, -0.15) is 17.5 Å². The number of pyridine rings is 1. The molecule has 3 N–H and O–H groups in total. The van der Waals surface area contributed by atoms with Crippen LogP contribution in [0.2, 0.25) is 0 Å². The van der Waals surface area contributed by atoms with Gasteiger partial charge in [-0.1, -0.05) is 0 Å². The number of alkyl halides is 3. The van der Waals surface area contributed by atoms with Crippen LogP contribution in [0.4, 0.5) is 19.0 Å². The molecule has 1 heterocycles. The summed E-state index contributed by atoms with van der Waals surface area (Å²) in [7, 11) is -4.23. The van der Waals surface area contributed by atoms with Gasteiger partial charge in [-0.15, -0.1) is 0 Å². The Kier molecular flexibility index (Phi) is 3.89. The van der Waals surface area contributed by atoms with Crippen LogP contribution in [0, 0.1) is 0 Å². The van der Waals surface area contributed by atoms with Crippen molar-refractivity contribution in [2.24, 2.45) is 5.84 Å². The summed E-state index contributed by atoms with van der Waals surface area (Å²) < 4.78 is 62.7. The number of anilines is 1. The van der Waals surface area contributed by atoms with Crippen molar-refractivity contribution in [1.29, 1.82) is 0 Å². The zero-order valence-electron chi connectivity index (χ0n) is 10.3. The molecule has 20 heavy (non-hydrogen) atoms. The number of nitrogens with two attached hydrogens (primary N) is 1. The zero-order chi connectivity index (χ0) is 15.0. The normalized spacial score (nSPS) is 16.4. The van der Waals surface area contributed by atoms with Gasteiger partial charge >= 0.3 is 6.18 Å². The van der Waals surface area contributed by atoms with Crippen LogP contribution >= 0.6 is 0 Å². The lowest BCUT2D eigenvalue weighted by Crippen LogP contribution is -2.40. The third-order valence-corrected chi connectivity index (χ3v) is 4.67. The highest BCUT2D eigenvalue weighted by molar-refractivity contribution is 7.89. The Morgan fingerprint density at radius 1 is 1.45 bits per heavy atom. The fourth-order valence-electron chi connectivity index (χ4n) is 1.74. The Labute approximate surface area is 113 Å². The Morgan fingerprint density at radius 2 is 2.10 bits per heavy atom. The molecule has 1 aromatic heterocycles. The van der Waals surface area contributed by atoms with Crippen LogP contribution in [0.15, 0.2) is 23.2 Å². The average molecular weight is 310 g/mol. The quantitative estimate of drug-likeness (QED) is 0.627. The smallest absolute Gasteiger partial charge is 0.308 e. The molecule has 112 valence electrons. The maximum atomic E-state index is 12.5. The minimum absolute atomic E-state index is 0.0637. The van der Waals surface area contributed by atoms with Crippen LogP contribution in [0.5, 0.6) is 0 Å². The van der Waals surface area contributed by atoms with E-state index in [0.717, 1.165) is 12.1 Å². The Hall–Kier alpha value is -1.39. The van der Waals surface area contributed by atoms with E-state index in [0.29, 0.717) is 17.1 Å². The molecule has 10 heteroatoms. The van der Waals surface area contributed by atoms with Gasteiger partial charge in [-0.3, -0.25) is 0 Å². The van der Waals surface area contributed by atoms with Crippen molar-refractivity contribution >= 4 is 15.8 Å². The number of nitrogens with one attached hydrogen (secondary N) is 1. The first-order chi connectivity index (χ1) is 9.24. The van der Waals surface area contributed by atoms with Crippen LogP contribution in [-0.2, 0) is 10.0 Å². The van der Waals surface area contributed by atoms with Crippen LogP contribution < -0.4 is 11.3 Å². The van der Waals surface area contributed by atoms with Crippen LogP contribution in [-0.4, -0.2) is 36.5 Å². The van der Waals surface area contributed by atoms with Crippen molar-refractivity contribution in [2.75, 3.05) is 12.0 Å². The number of hydrazine groups is 1. The SMILES string of the molecule is NNc1cc(S(=O)(=O)N(CC(F)(F)F)C2CC2)ccn1. The highest BCUT2D eigenvalue weighted by atomic mass is 32.2. The molecule has 0 atom stereocenters. The van der Waals surface area contributed by atoms with Gasteiger partial charge in [-0.25, -0.2) is 19.2 Å². The lowest BCUT2D eigenvalue weighted by Gasteiger charge is -2.23. The van der Waals surface area contributed by atoms with Crippen LogP contribution in [0.25, 0.3) is 0 Å². The number of sulfonamides is 1. The molecule has 0 spiro atoms. The van der Waals surface area contributed by atoms with Gasteiger partial charge in [0.1, 0.15) is 12.4 Å². The van der Waals surface area contributed by atoms with Gasteiger partial charge < -0.3 is 5.43 Å². The van der Waals surface area contributed by atoms with Crippen LogP contribution in [0.3, 0.4) is 0 Å². The molecule has 1 aliphatic carbocycles. The molecule has 1 fully saturated rings. The molecule has 0 bridgehead atoms. The lowest BCUT2D eigenvalue weighted by atomic mass is 10.5. The summed E-state index contributed by atoms with van der Waals surface area (Å²) in [4.78, 5) is 3.46. The fourth-order valence-corrected chi connectivity index (χ4v) is 3.42. The molecular weight excluding hydrogens is 297 g/mol. The highest BCUT2D eigenvalue weighted by Gasteiger charge is 2.44. The third-order valence-electron chi connectivity index (χ3n) is 2.78. The van der Waals surface area contributed by atoms with Gasteiger partial charge in [0.05, 0.1) is 4.90 Å². The van der Waals surface area contributed by atoms with E-state index >= 15 is 0 Å². The second kappa shape index (κ2) is 5.19.